The zero-order valence-electron chi connectivity index (χ0n) is 11.7. The largest absolute Gasteiger partial charge is 0.325 e. The number of thioether (sulfide) groups is 1. The normalized spacial score (nSPS) is 10.3. The molecule has 0 fully saturated rings. The molecule has 5 nitrogen and oxygen atoms in total. The van der Waals surface area contributed by atoms with E-state index in [9.17, 15) is 14.9 Å². The number of aryl methyl sites for hydroxylation is 1. The van der Waals surface area contributed by atoms with Crippen molar-refractivity contribution in [3.05, 3.63) is 63.2 Å². The fourth-order valence-electron chi connectivity index (χ4n) is 1.72. The van der Waals surface area contributed by atoms with E-state index in [1.807, 2.05) is 12.1 Å². The molecule has 0 aliphatic rings. The standard InChI is InChI=1S/C15H13ClN2O3S/c1-10-2-5-12(18(20)21)8-14(10)17-15(19)9-22-13-6-3-11(16)4-7-13/h2-8H,9H2,1H3,(H,17,19). The summed E-state index contributed by atoms with van der Waals surface area (Å²) < 4.78 is 0. The monoisotopic (exact) mass is 336 g/mol. The Morgan fingerprint density at radius 2 is 1.95 bits per heavy atom. The molecule has 0 saturated heterocycles. The van der Waals surface area contributed by atoms with Gasteiger partial charge in [-0.1, -0.05) is 17.7 Å². The van der Waals surface area contributed by atoms with Gasteiger partial charge in [0.25, 0.3) is 5.69 Å². The Bertz CT molecular complexity index is 704. The predicted octanol–water partition coefficient (Wildman–Crippen LogP) is 4.29. The number of anilines is 1. The van der Waals surface area contributed by atoms with Crippen molar-refractivity contribution in [3.63, 3.8) is 0 Å². The maximum absolute atomic E-state index is 12.0. The van der Waals surface area contributed by atoms with Crippen molar-refractivity contribution in [1.29, 1.82) is 0 Å². The zero-order valence-corrected chi connectivity index (χ0v) is 13.3. The number of nitro groups is 1. The molecule has 2 aromatic carbocycles. The Labute approximate surface area is 136 Å². The number of rotatable bonds is 5. The third kappa shape index (κ3) is 4.47. The van der Waals surface area contributed by atoms with Gasteiger partial charge >= 0.3 is 0 Å². The number of carbonyl (C=O) groups is 1. The minimum absolute atomic E-state index is 0.0498. The van der Waals surface area contributed by atoms with Gasteiger partial charge in [0.2, 0.25) is 5.91 Å². The SMILES string of the molecule is Cc1ccc([N+](=O)[O-])cc1NC(=O)CSc1ccc(Cl)cc1. The number of nitrogens with one attached hydrogen (secondary N) is 1. The maximum atomic E-state index is 12.0. The molecule has 0 aliphatic heterocycles. The van der Waals surface area contributed by atoms with Crippen molar-refractivity contribution in [2.75, 3.05) is 11.1 Å². The summed E-state index contributed by atoms with van der Waals surface area (Å²) in [6.45, 7) is 1.78. The third-order valence-electron chi connectivity index (χ3n) is 2.89. The summed E-state index contributed by atoms with van der Waals surface area (Å²) >= 11 is 7.16. The lowest BCUT2D eigenvalue weighted by Gasteiger charge is -2.08. The van der Waals surface area contributed by atoms with Crippen LogP contribution in [0.4, 0.5) is 11.4 Å². The van der Waals surface area contributed by atoms with Crippen LogP contribution in [0.25, 0.3) is 0 Å². The van der Waals surface area contributed by atoms with Gasteiger partial charge in [-0.15, -0.1) is 11.8 Å². The van der Waals surface area contributed by atoms with E-state index in [0.717, 1.165) is 10.5 Å². The number of halogens is 1. The van der Waals surface area contributed by atoms with E-state index < -0.39 is 4.92 Å². The summed E-state index contributed by atoms with van der Waals surface area (Å²) in [7, 11) is 0. The highest BCUT2D eigenvalue weighted by atomic mass is 35.5. The molecule has 114 valence electrons. The van der Waals surface area contributed by atoms with E-state index in [-0.39, 0.29) is 17.3 Å². The molecule has 2 aromatic rings. The molecule has 1 amide bonds. The molecule has 0 atom stereocenters. The molecule has 22 heavy (non-hydrogen) atoms. The van der Waals surface area contributed by atoms with E-state index in [0.29, 0.717) is 10.7 Å². The number of hydrogen-bond acceptors (Lipinski definition) is 4. The fourth-order valence-corrected chi connectivity index (χ4v) is 2.55. The van der Waals surface area contributed by atoms with Crippen LogP contribution in [0, 0.1) is 17.0 Å². The molecule has 0 unspecified atom stereocenters. The number of hydrogen-bond donors (Lipinski definition) is 1. The van der Waals surface area contributed by atoms with Gasteiger partial charge in [-0.25, -0.2) is 0 Å². The second-order valence-corrected chi connectivity index (χ2v) is 6.03. The quantitative estimate of drug-likeness (QED) is 0.502. The molecule has 0 radical (unpaired) electrons. The summed E-state index contributed by atoms with van der Waals surface area (Å²) in [5.74, 6) is -0.00687. The molecule has 7 heteroatoms. The Morgan fingerprint density at radius 3 is 2.59 bits per heavy atom. The lowest BCUT2D eigenvalue weighted by atomic mass is 10.2. The van der Waals surface area contributed by atoms with Crippen molar-refractivity contribution in [1.82, 2.24) is 0 Å². The molecular weight excluding hydrogens is 324 g/mol. The topological polar surface area (TPSA) is 72.2 Å². The summed E-state index contributed by atoms with van der Waals surface area (Å²) in [6, 6.07) is 11.6. The van der Waals surface area contributed by atoms with Gasteiger partial charge in [0.05, 0.1) is 16.4 Å². The highest BCUT2D eigenvalue weighted by Crippen LogP contribution is 2.23. The smallest absolute Gasteiger partial charge is 0.271 e. The van der Waals surface area contributed by atoms with Gasteiger partial charge in [0.1, 0.15) is 0 Å². The van der Waals surface area contributed by atoms with Crippen LogP contribution in [0.5, 0.6) is 0 Å². The Hall–Kier alpha value is -2.05. The van der Waals surface area contributed by atoms with Crippen LogP contribution in [0.3, 0.4) is 0 Å². The van der Waals surface area contributed by atoms with Gasteiger partial charge < -0.3 is 5.32 Å². The average Bonchev–Trinajstić information content (AvgIpc) is 2.48. The first kappa shape index (κ1) is 16.3. The van der Waals surface area contributed by atoms with E-state index in [1.54, 1.807) is 25.1 Å². The molecule has 0 spiro atoms. The molecule has 0 bridgehead atoms. The lowest BCUT2D eigenvalue weighted by Crippen LogP contribution is -2.15. The number of nitro benzene ring substituents is 1. The number of nitrogens with zero attached hydrogens (tertiary/aromatic N) is 1. The summed E-state index contributed by atoms with van der Waals surface area (Å²) in [5, 5.41) is 14.1. The summed E-state index contributed by atoms with van der Waals surface area (Å²) in [5.41, 5.74) is 1.18. The van der Waals surface area contributed by atoms with Gasteiger partial charge in [-0.05, 0) is 36.8 Å². The van der Waals surface area contributed by atoms with Crippen molar-refractivity contribution in [2.24, 2.45) is 0 Å². The number of benzene rings is 2. The Morgan fingerprint density at radius 1 is 1.27 bits per heavy atom. The van der Waals surface area contributed by atoms with Crippen molar-refractivity contribution in [2.45, 2.75) is 11.8 Å². The van der Waals surface area contributed by atoms with Crippen LogP contribution < -0.4 is 5.32 Å². The van der Waals surface area contributed by atoms with Gasteiger partial charge in [0, 0.05) is 22.1 Å². The first-order valence-electron chi connectivity index (χ1n) is 6.39. The van der Waals surface area contributed by atoms with E-state index >= 15 is 0 Å². The van der Waals surface area contributed by atoms with Crippen LogP contribution in [-0.2, 0) is 4.79 Å². The molecule has 0 aliphatic carbocycles. The first-order valence-corrected chi connectivity index (χ1v) is 7.75. The molecule has 0 saturated carbocycles. The minimum atomic E-state index is -0.489. The molecule has 2 rings (SSSR count). The van der Waals surface area contributed by atoms with Crippen molar-refractivity contribution < 1.29 is 9.72 Å². The molecular formula is C15H13ClN2O3S. The van der Waals surface area contributed by atoms with E-state index in [2.05, 4.69) is 5.32 Å². The van der Waals surface area contributed by atoms with Crippen LogP contribution in [0.2, 0.25) is 5.02 Å². The highest BCUT2D eigenvalue weighted by Gasteiger charge is 2.11. The molecule has 0 heterocycles. The number of non-ortho nitro benzene ring substituents is 1. The van der Waals surface area contributed by atoms with Crippen LogP contribution in [-0.4, -0.2) is 16.6 Å². The first-order chi connectivity index (χ1) is 10.5. The minimum Gasteiger partial charge on any atom is -0.325 e. The zero-order chi connectivity index (χ0) is 16.1. The van der Waals surface area contributed by atoms with Crippen LogP contribution in [0.15, 0.2) is 47.4 Å². The second kappa shape index (κ2) is 7.29. The summed E-state index contributed by atoms with van der Waals surface area (Å²) in [4.78, 5) is 23.2. The molecule has 1 N–H and O–H groups in total. The Balaban J connectivity index is 1.98. The maximum Gasteiger partial charge on any atom is 0.271 e. The fraction of sp³-hybridized carbons (Fsp3) is 0.133. The van der Waals surface area contributed by atoms with Crippen LogP contribution in [0.1, 0.15) is 5.56 Å². The Kier molecular flexibility index (Phi) is 5.41. The van der Waals surface area contributed by atoms with Gasteiger partial charge in [0.15, 0.2) is 0 Å². The van der Waals surface area contributed by atoms with E-state index in [4.69, 9.17) is 11.6 Å². The number of carbonyl (C=O) groups excluding carboxylic acids is 1. The highest BCUT2D eigenvalue weighted by molar-refractivity contribution is 8.00. The lowest BCUT2D eigenvalue weighted by molar-refractivity contribution is -0.384. The van der Waals surface area contributed by atoms with Crippen molar-refractivity contribution in [3.8, 4) is 0 Å². The molecule has 0 aromatic heterocycles. The van der Waals surface area contributed by atoms with Gasteiger partial charge in [-0.3, -0.25) is 14.9 Å². The van der Waals surface area contributed by atoms with E-state index in [1.165, 1.54) is 23.9 Å². The van der Waals surface area contributed by atoms with Crippen LogP contribution >= 0.6 is 23.4 Å². The summed E-state index contributed by atoms with van der Waals surface area (Å²) in [6.07, 6.45) is 0. The average molecular weight is 337 g/mol. The van der Waals surface area contributed by atoms with Crippen molar-refractivity contribution >= 4 is 40.6 Å². The van der Waals surface area contributed by atoms with Gasteiger partial charge in [-0.2, -0.15) is 0 Å². The number of amides is 1. The third-order valence-corrected chi connectivity index (χ3v) is 4.15. The second-order valence-electron chi connectivity index (χ2n) is 4.55. The predicted molar refractivity (Wildman–Crippen MR) is 88.6 cm³/mol.